The molecule has 0 amide bonds. The van der Waals surface area contributed by atoms with Crippen molar-refractivity contribution in [3.05, 3.63) is 36.3 Å². The Kier molecular flexibility index (Phi) is 4.51. The molecule has 1 aromatic heterocycles. The van der Waals surface area contributed by atoms with E-state index in [0.29, 0.717) is 10.8 Å². The van der Waals surface area contributed by atoms with Crippen LogP contribution in [0.1, 0.15) is 12.8 Å². The Bertz CT molecular complexity index is 786. The van der Waals surface area contributed by atoms with Crippen LogP contribution in [0.3, 0.4) is 0 Å². The molecular weight excluding hydrogens is 339 g/mol. The Balaban J connectivity index is 1.60. The summed E-state index contributed by atoms with van der Waals surface area (Å²) in [4.78, 5) is 6.16. The van der Waals surface area contributed by atoms with Crippen LogP contribution in [0.2, 0.25) is 0 Å². The number of aromatic nitrogens is 1. The minimum atomic E-state index is -3.70. The van der Waals surface area contributed by atoms with E-state index >= 15 is 0 Å². The second-order valence-electron chi connectivity index (χ2n) is 5.39. The maximum Gasteiger partial charge on any atom is 0.249 e. The average Bonchev–Trinajstić information content (AvgIpc) is 3.00. The van der Waals surface area contributed by atoms with E-state index in [4.69, 9.17) is 5.14 Å². The number of nitrogens with two attached hydrogens (primary N) is 1. The van der Waals surface area contributed by atoms with Gasteiger partial charge in [-0.15, -0.1) is 0 Å². The minimum Gasteiger partial charge on any atom is -0.380 e. The van der Waals surface area contributed by atoms with Crippen molar-refractivity contribution in [1.82, 2.24) is 4.98 Å². The van der Waals surface area contributed by atoms with Crippen LogP contribution in [-0.2, 0) is 10.0 Å². The predicted octanol–water partition coefficient (Wildman–Crippen LogP) is 2.01. The van der Waals surface area contributed by atoms with Gasteiger partial charge in [0, 0.05) is 19.1 Å². The average molecular weight is 356 g/mol. The smallest absolute Gasteiger partial charge is 0.249 e. The van der Waals surface area contributed by atoms with E-state index in [9.17, 15) is 12.8 Å². The van der Waals surface area contributed by atoms with Gasteiger partial charge in [0.05, 0.1) is 11.9 Å². The topological polar surface area (TPSA) is 88.3 Å². The Morgan fingerprint density at radius 2 is 2.00 bits per heavy atom. The van der Waals surface area contributed by atoms with Crippen molar-refractivity contribution in [3.63, 3.8) is 0 Å². The van der Waals surface area contributed by atoms with Crippen LogP contribution in [-0.4, -0.2) is 32.5 Å². The number of rotatable bonds is 4. The molecular formula is C14H17FN4O2S2. The SMILES string of the molecule is NS(=O)(=O)c1cnc(N2CCC(Nc3ccccc3F)CC2)s1. The van der Waals surface area contributed by atoms with E-state index < -0.39 is 10.0 Å². The Morgan fingerprint density at radius 3 is 2.61 bits per heavy atom. The van der Waals surface area contributed by atoms with Gasteiger partial charge in [0.25, 0.3) is 0 Å². The zero-order chi connectivity index (χ0) is 16.4. The number of sulfonamides is 1. The highest BCUT2D eigenvalue weighted by molar-refractivity contribution is 7.91. The summed E-state index contributed by atoms with van der Waals surface area (Å²) in [5.41, 5.74) is 0.511. The van der Waals surface area contributed by atoms with Crippen LogP contribution < -0.4 is 15.4 Å². The summed E-state index contributed by atoms with van der Waals surface area (Å²) in [5, 5.41) is 8.97. The van der Waals surface area contributed by atoms with Crippen molar-refractivity contribution >= 4 is 32.2 Å². The summed E-state index contributed by atoms with van der Waals surface area (Å²) in [7, 11) is -3.70. The monoisotopic (exact) mass is 356 g/mol. The van der Waals surface area contributed by atoms with Crippen molar-refractivity contribution in [1.29, 1.82) is 0 Å². The number of anilines is 2. The standard InChI is InChI=1S/C14H17FN4O2S2/c15-11-3-1-2-4-12(11)18-10-5-7-19(8-6-10)14-17-9-13(22-14)23(16,20)21/h1-4,9-10,18H,5-8H2,(H2,16,20,21). The Labute approximate surface area is 138 Å². The molecule has 0 aliphatic carbocycles. The van der Waals surface area contributed by atoms with Crippen LogP contribution in [0.25, 0.3) is 0 Å². The number of hydrogen-bond acceptors (Lipinski definition) is 6. The van der Waals surface area contributed by atoms with E-state index in [1.807, 2.05) is 4.90 Å². The molecule has 3 N–H and O–H groups in total. The Morgan fingerprint density at radius 1 is 1.30 bits per heavy atom. The number of benzene rings is 1. The number of halogens is 1. The van der Waals surface area contributed by atoms with E-state index in [1.54, 1.807) is 18.2 Å². The number of thiazole rings is 1. The van der Waals surface area contributed by atoms with Crippen LogP contribution in [0.5, 0.6) is 0 Å². The number of piperidine rings is 1. The van der Waals surface area contributed by atoms with E-state index in [0.717, 1.165) is 37.3 Å². The fraction of sp³-hybridized carbons (Fsp3) is 0.357. The lowest BCUT2D eigenvalue weighted by atomic mass is 10.1. The fourth-order valence-corrected chi connectivity index (χ4v) is 4.13. The van der Waals surface area contributed by atoms with Crippen LogP contribution in [0.15, 0.2) is 34.7 Å². The van der Waals surface area contributed by atoms with Gasteiger partial charge in [-0.05, 0) is 25.0 Å². The lowest BCUT2D eigenvalue weighted by Gasteiger charge is -2.32. The second-order valence-corrected chi connectivity index (χ2v) is 8.19. The third-order valence-electron chi connectivity index (χ3n) is 3.75. The summed E-state index contributed by atoms with van der Waals surface area (Å²) in [6, 6.07) is 6.79. The Hall–Kier alpha value is -1.71. The zero-order valence-corrected chi connectivity index (χ0v) is 13.9. The van der Waals surface area contributed by atoms with Gasteiger partial charge in [-0.25, -0.2) is 22.9 Å². The number of para-hydroxylation sites is 1. The second kappa shape index (κ2) is 6.42. The maximum absolute atomic E-state index is 13.7. The molecule has 6 nitrogen and oxygen atoms in total. The molecule has 0 saturated carbocycles. The third-order valence-corrected chi connectivity index (χ3v) is 6.22. The largest absolute Gasteiger partial charge is 0.380 e. The summed E-state index contributed by atoms with van der Waals surface area (Å²) in [5.74, 6) is -0.257. The fourth-order valence-electron chi connectivity index (χ4n) is 2.54. The molecule has 2 heterocycles. The molecule has 0 radical (unpaired) electrons. The van der Waals surface area contributed by atoms with Gasteiger partial charge in [0.1, 0.15) is 5.82 Å². The first kappa shape index (κ1) is 16.2. The molecule has 0 bridgehead atoms. The lowest BCUT2D eigenvalue weighted by molar-refractivity contribution is 0.522. The number of nitrogens with one attached hydrogen (secondary N) is 1. The molecule has 1 aromatic carbocycles. The first-order valence-electron chi connectivity index (χ1n) is 7.18. The van der Waals surface area contributed by atoms with Crippen molar-refractivity contribution in [2.45, 2.75) is 23.1 Å². The first-order chi connectivity index (χ1) is 10.9. The molecule has 1 saturated heterocycles. The predicted molar refractivity (Wildman–Crippen MR) is 88.7 cm³/mol. The normalized spacial score (nSPS) is 16.5. The molecule has 124 valence electrons. The van der Waals surface area contributed by atoms with Crippen molar-refractivity contribution in [3.8, 4) is 0 Å². The molecule has 1 aliphatic heterocycles. The van der Waals surface area contributed by atoms with Crippen LogP contribution in [0, 0.1) is 5.82 Å². The van der Waals surface area contributed by atoms with Crippen LogP contribution in [0.4, 0.5) is 15.2 Å². The van der Waals surface area contributed by atoms with Gasteiger partial charge in [0.2, 0.25) is 10.0 Å². The number of nitrogens with zero attached hydrogens (tertiary/aromatic N) is 2. The van der Waals surface area contributed by atoms with E-state index in [-0.39, 0.29) is 16.1 Å². The van der Waals surface area contributed by atoms with Crippen molar-refractivity contribution in [2.24, 2.45) is 5.14 Å². The highest BCUT2D eigenvalue weighted by atomic mass is 32.2. The van der Waals surface area contributed by atoms with E-state index in [2.05, 4.69) is 10.3 Å². The van der Waals surface area contributed by atoms with Crippen LogP contribution >= 0.6 is 11.3 Å². The maximum atomic E-state index is 13.7. The van der Waals surface area contributed by atoms with Crippen molar-refractivity contribution < 1.29 is 12.8 Å². The molecule has 0 atom stereocenters. The zero-order valence-electron chi connectivity index (χ0n) is 12.3. The third kappa shape index (κ3) is 3.80. The van der Waals surface area contributed by atoms with Gasteiger partial charge < -0.3 is 10.2 Å². The highest BCUT2D eigenvalue weighted by Gasteiger charge is 2.23. The molecule has 0 unspecified atom stereocenters. The highest BCUT2D eigenvalue weighted by Crippen LogP contribution is 2.28. The van der Waals surface area contributed by atoms with Crippen molar-refractivity contribution in [2.75, 3.05) is 23.3 Å². The molecule has 9 heteroatoms. The molecule has 23 heavy (non-hydrogen) atoms. The quantitative estimate of drug-likeness (QED) is 0.875. The number of hydrogen-bond donors (Lipinski definition) is 2. The van der Waals surface area contributed by atoms with Gasteiger partial charge in [0.15, 0.2) is 9.34 Å². The molecule has 3 rings (SSSR count). The summed E-state index contributed by atoms with van der Waals surface area (Å²) >= 11 is 1.08. The number of primary sulfonamides is 1. The van der Waals surface area contributed by atoms with Gasteiger partial charge in [-0.2, -0.15) is 0 Å². The molecule has 1 aliphatic rings. The minimum absolute atomic E-state index is 0.0686. The molecule has 2 aromatic rings. The lowest BCUT2D eigenvalue weighted by Crippen LogP contribution is -2.39. The summed E-state index contributed by atoms with van der Waals surface area (Å²) in [6.07, 6.45) is 2.93. The van der Waals surface area contributed by atoms with Gasteiger partial charge in [-0.3, -0.25) is 0 Å². The first-order valence-corrected chi connectivity index (χ1v) is 9.54. The molecule has 1 fully saturated rings. The van der Waals surface area contributed by atoms with Gasteiger partial charge in [-0.1, -0.05) is 23.5 Å². The van der Waals surface area contributed by atoms with Gasteiger partial charge >= 0.3 is 0 Å². The molecule has 0 spiro atoms. The van der Waals surface area contributed by atoms with E-state index in [1.165, 1.54) is 12.3 Å². The summed E-state index contributed by atoms with van der Waals surface area (Å²) < 4.78 is 36.3. The summed E-state index contributed by atoms with van der Waals surface area (Å²) in [6.45, 7) is 1.45.